The monoisotopic (exact) mass is 285 g/mol. The number of aliphatic hydroxyl groups is 1. The van der Waals surface area contributed by atoms with Crippen LogP contribution in [-0.2, 0) is 9.59 Å². The number of hydrogen-bond acceptors (Lipinski definition) is 3. The lowest BCUT2D eigenvalue weighted by Crippen LogP contribution is -2.43. The van der Waals surface area contributed by atoms with Crippen molar-refractivity contribution in [3.8, 4) is 11.8 Å². The molecule has 4 nitrogen and oxygen atoms in total. The van der Waals surface area contributed by atoms with Crippen LogP contribution in [0.3, 0.4) is 0 Å². The van der Waals surface area contributed by atoms with Crippen LogP contribution in [0.2, 0.25) is 0 Å². The second kappa shape index (κ2) is 6.55. The fourth-order valence-electron chi connectivity index (χ4n) is 2.42. The molecule has 2 amide bonds. The maximum atomic E-state index is 12.2. The van der Waals surface area contributed by atoms with Crippen molar-refractivity contribution in [2.24, 2.45) is 5.92 Å². The molecule has 2 rings (SSSR count). The van der Waals surface area contributed by atoms with Gasteiger partial charge in [0.2, 0.25) is 11.8 Å². The van der Waals surface area contributed by atoms with E-state index in [1.165, 1.54) is 4.90 Å². The van der Waals surface area contributed by atoms with Gasteiger partial charge in [0.15, 0.2) is 0 Å². The van der Waals surface area contributed by atoms with E-state index in [0.717, 1.165) is 5.56 Å². The number of imide groups is 1. The van der Waals surface area contributed by atoms with Gasteiger partial charge in [-0.15, -0.1) is 0 Å². The van der Waals surface area contributed by atoms with Gasteiger partial charge in [0.25, 0.3) is 0 Å². The fourth-order valence-corrected chi connectivity index (χ4v) is 2.42. The molecule has 1 N–H and O–H groups in total. The van der Waals surface area contributed by atoms with Crippen LogP contribution >= 0.6 is 0 Å². The fraction of sp³-hybridized carbons (Fsp3) is 0.412. The first-order chi connectivity index (χ1) is 10.0. The third-order valence-corrected chi connectivity index (χ3v) is 3.40. The Labute approximate surface area is 124 Å². The maximum Gasteiger partial charge on any atom is 0.234 e. The molecule has 1 aromatic carbocycles. The highest BCUT2D eigenvalue weighted by Gasteiger charge is 2.32. The van der Waals surface area contributed by atoms with E-state index in [1.54, 1.807) is 6.07 Å². The number of rotatable bonds is 2. The molecular formula is C17H19NO3. The van der Waals surface area contributed by atoms with E-state index in [1.807, 2.05) is 26.0 Å². The summed E-state index contributed by atoms with van der Waals surface area (Å²) < 4.78 is 0. The van der Waals surface area contributed by atoms with Crippen molar-refractivity contribution in [2.45, 2.75) is 33.1 Å². The Kier molecular flexibility index (Phi) is 4.77. The molecule has 0 unspecified atom stereocenters. The third-order valence-electron chi connectivity index (χ3n) is 3.40. The molecule has 21 heavy (non-hydrogen) atoms. The zero-order valence-corrected chi connectivity index (χ0v) is 12.3. The van der Waals surface area contributed by atoms with E-state index < -0.39 is 0 Å². The molecule has 1 saturated heterocycles. The number of carbonyl (C=O) groups excluding carboxylic acids is 2. The van der Waals surface area contributed by atoms with Crippen molar-refractivity contribution in [3.05, 3.63) is 29.3 Å². The first-order valence-corrected chi connectivity index (χ1v) is 7.09. The van der Waals surface area contributed by atoms with E-state index in [2.05, 4.69) is 11.8 Å². The lowest BCUT2D eigenvalue weighted by atomic mass is 9.96. The highest BCUT2D eigenvalue weighted by atomic mass is 16.2. The number of piperidine rings is 1. The van der Waals surface area contributed by atoms with Gasteiger partial charge >= 0.3 is 0 Å². The zero-order chi connectivity index (χ0) is 15.4. The van der Waals surface area contributed by atoms with Crippen molar-refractivity contribution in [1.82, 2.24) is 0 Å². The molecule has 0 aromatic heterocycles. The number of aliphatic hydroxyl groups excluding tert-OH is 1. The summed E-state index contributed by atoms with van der Waals surface area (Å²) in [6.45, 7) is 3.83. The lowest BCUT2D eigenvalue weighted by molar-refractivity contribution is -0.130. The summed E-state index contributed by atoms with van der Waals surface area (Å²) in [5.41, 5.74) is 2.21. The topological polar surface area (TPSA) is 57.6 Å². The van der Waals surface area contributed by atoms with E-state index in [9.17, 15) is 9.59 Å². The van der Waals surface area contributed by atoms with Gasteiger partial charge in [-0.1, -0.05) is 24.8 Å². The number of hydrogen-bond donors (Lipinski definition) is 1. The molecule has 1 aliphatic rings. The summed E-state index contributed by atoms with van der Waals surface area (Å²) in [5.74, 6) is 5.54. The van der Waals surface area contributed by atoms with Crippen LogP contribution in [0.25, 0.3) is 0 Å². The predicted octanol–water partition coefficient (Wildman–Crippen LogP) is 2.02. The molecule has 0 radical (unpaired) electrons. The van der Waals surface area contributed by atoms with Crippen LogP contribution in [0.15, 0.2) is 18.2 Å². The van der Waals surface area contributed by atoms with E-state index >= 15 is 0 Å². The van der Waals surface area contributed by atoms with Crippen molar-refractivity contribution in [1.29, 1.82) is 0 Å². The molecule has 1 heterocycles. The number of nitrogens with zero attached hydrogens (tertiary/aromatic N) is 1. The van der Waals surface area contributed by atoms with Crippen molar-refractivity contribution < 1.29 is 14.7 Å². The van der Waals surface area contributed by atoms with Gasteiger partial charge in [-0.2, -0.15) is 0 Å². The molecular weight excluding hydrogens is 266 g/mol. The molecule has 0 saturated carbocycles. The van der Waals surface area contributed by atoms with Crippen molar-refractivity contribution in [2.75, 3.05) is 11.5 Å². The van der Waals surface area contributed by atoms with Crippen LogP contribution < -0.4 is 4.90 Å². The smallest absolute Gasteiger partial charge is 0.234 e. The van der Waals surface area contributed by atoms with Gasteiger partial charge < -0.3 is 5.11 Å². The highest BCUT2D eigenvalue weighted by molar-refractivity contribution is 6.17. The van der Waals surface area contributed by atoms with E-state index in [0.29, 0.717) is 30.5 Å². The van der Waals surface area contributed by atoms with Gasteiger partial charge in [-0.25, -0.2) is 4.90 Å². The molecule has 0 bridgehead atoms. The van der Waals surface area contributed by atoms with Gasteiger partial charge in [-0.05, 0) is 30.5 Å². The number of carbonyl (C=O) groups is 2. The minimum Gasteiger partial charge on any atom is -0.395 e. The van der Waals surface area contributed by atoms with Gasteiger partial charge in [0.05, 0.1) is 12.3 Å². The second-order valence-corrected chi connectivity index (χ2v) is 5.43. The van der Waals surface area contributed by atoms with Gasteiger partial charge in [0.1, 0.15) is 0 Å². The van der Waals surface area contributed by atoms with Crippen molar-refractivity contribution in [3.63, 3.8) is 0 Å². The third kappa shape index (κ3) is 3.50. The second-order valence-electron chi connectivity index (χ2n) is 5.43. The largest absolute Gasteiger partial charge is 0.395 e. The number of aryl methyl sites for hydroxylation is 1. The van der Waals surface area contributed by atoms with Crippen LogP contribution in [0.4, 0.5) is 5.69 Å². The molecule has 0 aliphatic carbocycles. The number of anilines is 1. The Morgan fingerprint density at radius 3 is 2.57 bits per heavy atom. The Balaban J connectivity index is 2.41. The number of benzene rings is 1. The summed E-state index contributed by atoms with van der Waals surface area (Å²) >= 11 is 0. The quantitative estimate of drug-likeness (QED) is 0.668. The zero-order valence-electron chi connectivity index (χ0n) is 12.3. The Bertz CT molecular complexity index is 607. The highest BCUT2D eigenvalue weighted by Crippen LogP contribution is 2.28. The maximum absolute atomic E-state index is 12.2. The molecule has 4 heteroatoms. The average Bonchev–Trinajstić information content (AvgIpc) is 2.40. The predicted molar refractivity (Wildman–Crippen MR) is 80.7 cm³/mol. The SMILES string of the molecule is Cc1ccc(N2C(=O)CC(C)CC2=O)c(C#CCCO)c1. The van der Waals surface area contributed by atoms with Crippen LogP contribution in [0.1, 0.15) is 37.3 Å². The first kappa shape index (κ1) is 15.3. The summed E-state index contributed by atoms with van der Waals surface area (Å²) in [6.07, 6.45) is 1.12. The summed E-state index contributed by atoms with van der Waals surface area (Å²) in [6, 6.07) is 5.49. The molecule has 110 valence electrons. The van der Waals surface area contributed by atoms with Gasteiger partial charge in [0, 0.05) is 24.8 Å². The van der Waals surface area contributed by atoms with Gasteiger partial charge in [-0.3, -0.25) is 9.59 Å². The first-order valence-electron chi connectivity index (χ1n) is 7.09. The molecule has 0 spiro atoms. The summed E-state index contributed by atoms with van der Waals surface area (Å²) in [4.78, 5) is 25.7. The Hall–Kier alpha value is -2.12. The molecule has 0 atom stereocenters. The summed E-state index contributed by atoms with van der Waals surface area (Å²) in [5, 5.41) is 8.81. The minimum atomic E-state index is -0.173. The van der Waals surface area contributed by atoms with Crippen LogP contribution in [-0.4, -0.2) is 23.5 Å². The molecule has 1 aliphatic heterocycles. The standard InChI is InChI=1S/C17H19NO3/c1-12-6-7-15(14(9-12)5-3-4-8-19)18-16(20)10-13(2)11-17(18)21/h6-7,9,13,19H,4,8,10-11H2,1-2H3. The minimum absolute atomic E-state index is 0.00671. The van der Waals surface area contributed by atoms with Crippen molar-refractivity contribution >= 4 is 17.5 Å². The van der Waals surface area contributed by atoms with E-state index in [4.69, 9.17) is 5.11 Å². The Morgan fingerprint density at radius 2 is 1.95 bits per heavy atom. The normalized spacial score (nSPS) is 15.9. The van der Waals surface area contributed by atoms with Crippen LogP contribution in [0.5, 0.6) is 0 Å². The Morgan fingerprint density at radius 1 is 1.29 bits per heavy atom. The average molecular weight is 285 g/mol. The van der Waals surface area contributed by atoms with Crippen LogP contribution in [0, 0.1) is 24.7 Å². The van der Waals surface area contributed by atoms with E-state index in [-0.39, 0.29) is 24.3 Å². The molecule has 1 fully saturated rings. The molecule has 1 aromatic rings. The lowest BCUT2D eigenvalue weighted by Gasteiger charge is -2.29. The number of amides is 2. The summed E-state index contributed by atoms with van der Waals surface area (Å²) in [7, 11) is 0.